The SMILES string of the molecule is OC[C@H]1O[C@@H](C[C@H]2O[C@H](CO)[C@@H](O)[C@H](O)[C@H]2O)[C@H](O)[C@@H](O)[C@@H]1O. The van der Waals surface area contributed by atoms with E-state index in [1.54, 1.807) is 0 Å². The van der Waals surface area contributed by atoms with Crippen molar-refractivity contribution in [1.29, 1.82) is 0 Å². The molecular formula is C13H24O10. The maximum Gasteiger partial charge on any atom is 0.111 e. The summed E-state index contributed by atoms with van der Waals surface area (Å²) in [7, 11) is 0. The maximum atomic E-state index is 9.96. The summed E-state index contributed by atoms with van der Waals surface area (Å²) in [5.74, 6) is 0. The van der Waals surface area contributed by atoms with Crippen LogP contribution in [0.4, 0.5) is 0 Å². The molecule has 0 aromatic carbocycles. The highest BCUT2D eigenvalue weighted by atomic mass is 16.6. The van der Waals surface area contributed by atoms with Crippen LogP contribution in [-0.2, 0) is 9.47 Å². The van der Waals surface area contributed by atoms with Gasteiger partial charge in [0, 0.05) is 6.42 Å². The van der Waals surface area contributed by atoms with Crippen LogP contribution in [0.3, 0.4) is 0 Å². The molecule has 0 aliphatic carbocycles. The predicted molar refractivity (Wildman–Crippen MR) is 72.2 cm³/mol. The minimum absolute atomic E-state index is 0.192. The Kier molecular flexibility index (Phi) is 6.30. The first-order valence-corrected chi connectivity index (χ1v) is 7.42. The molecule has 8 N–H and O–H groups in total. The summed E-state index contributed by atoms with van der Waals surface area (Å²) in [6, 6.07) is 0. The van der Waals surface area contributed by atoms with E-state index in [-0.39, 0.29) is 6.42 Å². The molecule has 2 rings (SSSR count). The highest BCUT2D eigenvalue weighted by Crippen LogP contribution is 2.29. The van der Waals surface area contributed by atoms with Crippen LogP contribution in [0.5, 0.6) is 0 Å². The molecule has 2 fully saturated rings. The van der Waals surface area contributed by atoms with E-state index in [0.29, 0.717) is 0 Å². The second-order valence-electron chi connectivity index (χ2n) is 5.97. The Morgan fingerprint density at radius 2 is 0.783 bits per heavy atom. The van der Waals surface area contributed by atoms with E-state index >= 15 is 0 Å². The summed E-state index contributed by atoms with van der Waals surface area (Å²) in [4.78, 5) is 0. The van der Waals surface area contributed by atoms with Gasteiger partial charge in [-0.3, -0.25) is 0 Å². The topological polar surface area (TPSA) is 180 Å². The van der Waals surface area contributed by atoms with Crippen LogP contribution in [0.1, 0.15) is 6.42 Å². The van der Waals surface area contributed by atoms with Gasteiger partial charge in [-0.25, -0.2) is 0 Å². The van der Waals surface area contributed by atoms with Gasteiger partial charge in [0.15, 0.2) is 0 Å². The van der Waals surface area contributed by atoms with Crippen molar-refractivity contribution >= 4 is 0 Å². The lowest BCUT2D eigenvalue weighted by molar-refractivity contribution is -0.262. The molecule has 0 aromatic rings. The highest BCUT2D eigenvalue weighted by Gasteiger charge is 2.48. The number of hydrogen-bond acceptors (Lipinski definition) is 10. The molecule has 2 heterocycles. The smallest absolute Gasteiger partial charge is 0.111 e. The van der Waals surface area contributed by atoms with E-state index in [0.717, 1.165) is 0 Å². The molecule has 2 aliphatic rings. The number of ether oxygens (including phenoxy) is 2. The molecule has 0 unspecified atom stereocenters. The van der Waals surface area contributed by atoms with Gasteiger partial charge < -0.3 is 50.3 Å². The summed E-state index contributed by atoms with van der Waals surface area (Å²) >= 11 is 0. The van der Waals surface area contributed by atoms with Gasteiger partial charge in [-0.2, -0.15) is 0 Å². The summed E-state index contributed by atoms with van der Waals surface area (Å²) < 4.78 is 10.6. The Morgan fingerprint density at radius 1 is 0.478 bits per heavy atom. The summed E-state index contributed by atoms with van der Waals surface area (Å²) in [5, 5.41) is 77.1. The number of aliphatic hydroxyl groups excluding tert-OH is 8. The van der Waals surface area contributed by atoms with E-state index in [2.05, 4.69) is 0 Å². The first-order chi connectivity index (χ1) is 10.8. The molecular weight excluding hydrogens is 316 g/mol. The zero-order valence-electron chi connectivity index (χ0n) is 12.3. The fourth-order valence-corrected chi connectivity index (χ4v) is 2.98. The van der Waals surface area contributed by atoms with Crippen LogP contribution < -0.4 is 0 Å². The van der Waals surface area contributed by atoms with E-state index in [1.807, 2.05) is 0 Å². The van der Waals surface area contributed by atoms with Crippen molar-refractivity contribution in [3.05, 3.63) is 0 Å². The first-order valence-electron chi connectivity index (χ1n) is 7.42. The molecule has 0 radical (unpaired) electrons. The van der Waals surface area contributed by atoms with Crippen molar-refractivity contribution in [3.63, 3.8) is 0 Å². The lowest BCUT2D eigenvalue weighted by Crippen LogP contribution is -2.62. The lowest BCUT2D eigenvalue weighted by Gasteiger charge is -2.44. The van der Waals surface area contributed by atoms with Crippen molar-refractivity contribution in [1.82, 2.24) is 0 Å². The van der Waals surface area contributed by atoms with Crippen LogP contribution in [0.15, 0.2) is 0 Å². The summed E-state index contributed by atoms with van der Waals surface area (Å²) in [6.45, 7) is -1.17. The predicted octanol–water partition coefficient (Wildman–Crippen LogP) is -4.94. The Balaban J connectivity index is 2.07. The number of rotatable bonds is 4. The van der Waals surface area contributed by atoms with Gasteiger partial charge >= 0.3 is 0 Å². The van der Waals surface area contributed by atoms with Crippen LogP contribution in [0.25, 0.3) is 0 Å². The standard InChI is InChI=1S/C13H24O10/c14-2-6-10(18)12(20)8(16)4(22-6)1-5-9(17)13(21)11(19)7(3-15)23-5/h4-21H,1-3H2/t4-,5+,6-,7-,8+,9+,10-,11-,12-,13-/m1/s1. The first kappa shape index (κ1) is 18.9. The molecule has 0 bridgehead atoms. The minimum Gasteiger partial charge on any atom is -0.394 e. The van der Waals surface area contributed by atoms with Crippen LogP contribution in [0.2, 0.25) is 0 Å². The van der Waals surface area contributed by atoms with Gasteiger partial charge in [-0.05, 0) is 0 Å². The zero-order chi connectivity index (χ0) is 17.3. The average molecular weight is 340 g/mol. The third-order valence-corrected chi connectivity index (χ3v) is 4.45. The quantitative estimate of drug-likeness (QED) is 0.247. The molecule has 2 saturated heterocycles. The molecule has 136 valence electrons. The average Bonchev–Trinajstić information content (AvgIpc) is 2.55. The van der Waals surface area contributed by atoms with Gasteiger partial charge in [0.2, 0.25) is 0 Å². The Hall–Kier alpha value is -0.400. The van der Waals surface area contributed by atoms with Crippen molar-refractivity contribution in [2.75, 3.05) is 13.2 Å². The van der Waals surface area contributed by atoms with E-state index in [4.69, 9.17) is 19.7 Å². The second-order valence-corrected chi connectivity index (χ2v) is 5.97. The molecule has 0 amide bonds. The lowest BCUT2D eigenvalue weighted by atomic mass is 9.87. The highest BCUT2D eigenvalue weighted by molar-refractivity contribution is 4.97. The Bertz CT molecular complexity index is 344. The third kappa shape index (κ3) is 3.66. The summed E-state index contributed by atoms with van der Waals surface area (Å²) in [6.07, 6.45) is -13.7. The minimum atomic E-state index is -1.56. The van der Waals surface area contributed by atoms with Crippen molar-refractivity contribution in [2.45, 2.75) is 67.5 Å². The molecule has 0 saturated carbocycles. The molecule has 0 spiro atoms. The van der Waals surface area contributed by atoms with E-state index in [9.17, 15) is 30.6 Å². The van der Waals surface area contributed by atoms with Crippen molar-refractivity contribution < 1.29 is 50.3 Å². The molecule has 10 heteroatoms. The van der Waals surface area contributed by atoms with Crippen molar-refractivity contribution in [3.8, 4) is 0 Å². The van der Waals surface area contributed by atoms with Crippen molar-refractivity contribution in [2.24, 2.45) is 0 Å². The Labute approximate surface area is 132 Å². The second kappa shape index (κ2) is 7.66. The van der Waals surface area contributed by atoms with Gasteiger partial charge in [0.25, 0.3) is 0 Å². The van der Waals surface area contributed by atoms with Crippen LogP contribution in [0, 0.1) is 0 Å². The zero-order valence-corrected chi connectivity index (χ0v) is 12.3. The summed E-state index contributed by atoms with van der Waals surface area (Å²) in [5.41, 5.74) is 0. The number of hydrogen-bond donors (Lipinski definition) is 8. The molecule has 10 atom stereocenters. The van der Waals surface area contributed by atoms with E-state index in [1.165, 1.54) is 0 Å². The molecule has 0 aromatic heterocycles. The third-order valence-electron chi connectivity index (χ3n) is 4.45. The maximum absolute atomic E-state index is 9.96. The molecule has 10 nitrogen and oxygen atoms in total. The molecule has 23 heavy (non-hydrogen) atoms. The van der Waals surface area contributed by atoms with Crippen LogP contribution in [-0.4, -0.2) is 115 Å². The molecule has 2 aliphatic heterocycles. The van der Waals surface area contributed by atoms with Gasteiger partial charge in [-0.1, -0.05) is 0 Å². The normalized spacial score (nSPS) is 51.7. The fourth-order valence-electron chi connectivity index (χ4n) is 2.98. The van der Waals surface area contributed by atoms with Crippen LogP contribution >= 0.6 is 0 Å². The number of aliphatic hydroxyl groups is 8. The van der Waals surface area contributed by atoms with Gasteiger partial charge in [0.05, 0.1) is 25.4 Å². The monoisotopic (exact) mass is 340 g/mol. The van der Waals surface area contributed by atoms with E-state index < -0.39 is 74.3 Å². The largest absolute Gasteiger partial charge is 0.394 e. The van der Waals surface area contributed by atoms with Gasteiger partial charge in [0.1, 0.15) is 48.8 Å². The fraction of sp³-hybridized carbons (Fsp3) is 1.00. The Morgan fingerprint density at radius 3 is 1.09 bits per heavy atom. The van der Waals surface area contributed by atoms with Gasteiger partial charge in [-0.15, -0.1) is 0 Å².